The quantitative estimate of drug-likeness (QED) is 0.0407. The lowest BCUT2D eigenvalue weighted by atomic mass is 9.74. The van der Waals surface area contributed by atoms with Gasteiger partial charge < -0.3 is 10.1 Å². The Kier molecular flexibility index (Phi) is 21.5. The monoisotopic (exact) mass is 1410 g/mol. The number of sulfonamides is 1. The number of pyridine rings is 1. The molecule has 10 rings (SSSR count). The smallest absolute Gasteiger partial charge is 0.240 e. The van der Waals surface area contributed by atoms with Gasteiger partial charge in [-0.2, -0.15) is 20.3 Å². The lowest BCUT2D eigenvalue weighted by Gasteiger charge is -2.31. The molecule has 18 heteroatoms. The average molecular weight is 1410 g/mol. The highest BCUT2D eigenvalue weighted by Gasteiger charge is 2.34. The molecule has 4 heterocycles. The van der Waals surface area contributed by atoms with Gasteiger partial charge >= 0.3 is 0 Å². The van der Waals surface area contributed by atoms with Crippen molar-refractivity contribution in [1.29, 1.82) is 10.5 Å². The highest BCUT2D eigenvalue weighted by molar-refractivity contribution is 7.89. The number of benzene rings is 6. The minimum atomic E-state index is -3.99. The number of hydrogen-bond acceptors (Lipinski definition) is 15. The Labute approximate surface area is 607 Å². The largest absolute Gasteiger partial charge is 0.493 e. The van der Waals surface area contributed by atoms with E-state index in [1.807, 2.05) is 67.2 Å². The van der Waals surface area contributed by atoms with Gasteiger partial charge in [-0.15, -0.1) is 10.2 Å². The maximum Gasteiger partial charge on any atom is 0.240 e. The van der Waals surface area contributed by atoms with Crippen molar-refractivity contribution >= 4 is 92.8 Å². The molecule has 10 aromatic rings. The summed E-state index contributed by atoms with van der Waals surface area (Å²) in [6.45, 7) is 47.8. The van der Waals surface area contributed by atoms with E-state index < -0.39 is 15.4 Å². The summed E-state index contributed by atoms with van der Waals surface area (Å²) < 4.78 is 40.9. The van der Waals surface area contributed by atoms with E-state index in [1.54, 1.807) is 22.9 Å². The predicted octanol–water partition coefficient (Wildman–Crippen LogP) is 22.4. The first-order chi connectivity index (χ1) is 47.5. The Morgan fingerprint density at radius 3 is 1.78 bits per heavy atom. The van der Waals surface area contributed by atoms with E-state index in [0.29, 0.717) is 44.8 Å². The van der Waals surface area contributed by atoms with Gasteiger partial charge in [0.05, 0.1) is 43.3 Å². The normalized spacial score (nSPS) is 12.6. The number of fused-ring (bicyclic) bond motifs is 2. The van der Waals surface area contributed by atoms with E-state index in [4.69, 9.17) is 35.0 Å². The number of azo groups is 1. The number of aryl methyl sites for hydroxylation is 6. The van der Waals surface area contributed by atoms with Gasteiger partial charge in [0, 0.05) is 28.8 Å². The number of nitrogens with zero attached hydrogens (tertiary/aromatic N) is 10. The summed E-state index contributed by atoms with van der Waals surface area (Å²) in [5.74, 6) is 1.55. The fraction of sp³-hybridized carbons (Fsp3) is 0.422. The molecule has 528 valence electrons. The zero-order valence-electron chi connectivity index (χ0n) is 63.3. The van der Waals surface area contributed by atoms with Gasteiger partial charge in [-0.05, 0) is 195 Å². The summed E-state index contributed by atoms with van der Waals surface area (Å²) in [7, 11) is -3.99. The molecule has 0 saturated heterocycles. The van der Waals surface area contributed by atoms with E-state index in [2.05, 4.69) is 191 Å². The zero-order chi connectivity index (χ0) is 73.6. The number of thiazole rings is 2. The first-order valence-corrected chi connectivity index (χ1v) is 38.5. The summed E-state index contributed by atoms with van der Waals surface area (Å²) in [5, 5.41) is 42.7. The van der Waals surface area contributed by atoms with Gasteiger partial charge in [0.25, 0.3) is 0 Å². The molecule has 0 bridgehead atoms. The third kappa shape index (κ3) is 15.4. The second kappa shape index (κ2) is 29.0. The molecular formula is C83H100N12O3S3. The second-order valence-corrected chi connectivity index (χ2v) is 34.8. The van der Waals surface area contributed by atoms with Crippen molar-refractivity contribution in [3.05, 3.63) is 186 Å². The third-order valence-corrected chi connectivity index (χ3v) is 24.3. The number of aromatic nitrogens is 5. The predicted molar refractivity (Wildman–Crippen MR) is 418 cm³/mol. The lowest BCUT2D eigenvalue weighted by molar-refractivity contribution is 0.300. The minimum absolute atomic E-state index is 0.0166. The SMILES string of the molecule is CCC(C)(C)c1ccc(Cc2ccc3nc(-n4nc(C(C)(C)C)c(C#N)c4N=Nc4c(Nc5c(C)cc(C)cc5C)nc(N(c5nc6ccc(S(=O)(=O)NCCCOc7ccc(C(C)(C)CC)cc7C(C)(C)CC)cc6s5)c5c(C)cc(C)cc5C)c(C#N)c4C)sc3c2)c(C(C)(C)CC)c1. The van der Waals surface area contributed by atoms with E-state index in [-0.39, 0.29) is 67.4 Å². The van der Waals surface area contributed by atoms with Crippen LogP contribution in [-0.4, -0.2) is 46.3 Å². The standard InChI is InChI=1S/C83H100N12O3S3/c1-23-80(15,16)58-30-29-57(63(44-58)82(19,20)25-3)42-56-28-33-65-68(43-56)100-78(88-65)95-76(62(48-85)73(93-95)79(12,13)14)92-91-71-55(11)61(47-84)75(90-74(71)89-70-51(7)38-49(5)39-52(70)8)94(72-53(9)40-50(6)41-54(72)10)77-87-66-34-32-60(46-69(66)99-77)101(96,97)86-36-27-37-98-67-35-31-59(81(17,18)24-2)45-64(67)83(21,22)26-4/h28-35,38-41,43-46,86H,23-27,36-37,42H2,1-22H3,(H,89,90). The maximum absolute atomic E-state index is 14.2. The molecule has 0 unspecified atom stereocenters. The van der Waals surface area contributed by atoms with Gasteiger partial charge in [-0.1, -0.05) is 198 Å². The molecule has 0 aliphatic carbocycles. The fourth-order valence-corrected chi connectivity index (χ4v) is 16.3. The maximum atomic E-state index is 14.2. The molecule has 0 aliphatic heterocycles. The highest BCUT2D eigenvalue weighted by Crippen LogP contribution is 2.49. The molecule has 0 amide bonds. The van der Waals surface area contributed by atoms with Crippen LogP contribution in [0.1, 0.15) is 225 Å². The molecule has 101 heavy (non-hydrogen) atoms. The molecule has 0 saturated carbocycles. The van der Waals surface area contributed by atoms with Gasteiger partial charge in [-0.25, -0.2) is 28.1 Å². The Bertz CT molecular complexity index is 5020. The van der Waals surface area contributed by atoms with E-state index in [0.717, 1.165) is 104 Å². The van der Waals surface area contributed by atoms with Crippen LogP contribution in [0.2, 0.25) is 0 Å². The van der Waals surface area contributed by atoms with Crippen molar-refractivity contribution in [2.24, 2.45) is 10.2 Å². The first kappa shape index (κ1) is 75.0. The molecule has 0 spiro atoms. The summed E-state index contributed by atoms with van der Waals surface area (Å²) in [6.07, 6.45) is 5.18. The number of ether oxygens (including phenoxy) is 1. The number of nitrogens with one attached hydrogen (secondary N) is 2. The van der Waals surface area contributed by atoms with Crippen LogP contribution in [0.25, 0.3) is 25.6 Å². The minimum Gasteiger partial charge on any atom is -0.493 e. The van der Waals surface area contributed by atoms with Gasteiger partial charge in [0.2, 0.25) is 15.2 Å². The molecule has 0 atom stereocenters. The van der Waals surface area contributed by atoms with Crippen molar-refractivity contribution in [3.8, 4) is 23.0 Å². The molecule has 15 nitrogen and oxygen atoms in total. The molecule has 0 fully saturated rings. The Balaban J connectivity index is 1.04. The number of hydrogen-bond donors (Lipinski definition) is 2. The molecule has 2 N–H and O–H groups in total. The van der Waals surface area contributed by atoms with Crippen molar-refractivity contribution < 1.29 is 13.2 Å². The average Bonchev–Trinajstić information content (AvgIpc) is 1.72. The highest BCUT2D eigenvalue weighted by atomic mass is 32.2. The van der Waals surface area contributed by atoms with Crippen LogP contribution in [0.4, 0.5) is 39.6 Å². The summed E-state index contributed by atoms with van der Waals surface area (Å²) in [6, 6.07) is 38.3. The summed E-state index contributed by atoms with van der Waals surface area (Å²) >= 11 is 2.77. The van der Waals surface area contributed by atoms with Crippen LogP contribution < -0.4 is 19.7 Å². The Hall–Kier alpha value is -8.65. The van der Waals surface area contributed by atoms with Crippen LogP contribution in [0.15, 0.2) is 112 Å². The zero-order valence-corrected chi connectivity index (χ0v) is 65.8. The number of anilines is 5. The topological polar surface area (TPSA) is 199 Å². The third-order valence-electron chi connectivity index (χ3n) is 20.8. The second-order valence-electron chi connectivity index (χ2n) is 31.0. The molecule has 0 radical (unpaired) electrons. The van der Waals surface area contributed by atoms with E-state index >= 15 is 0 Å². The van der Waals surface area contributed by atoms with Crippen molar-refractivity contribution in [1.82, 2.24) is 29.5 Å². The number of rotatable bonds is 25. The van der Waals surface area contributed by atoms with Crippen molar-refractivity contribution in [3.63, 3.8) is 0 Å². The van der Waals surface area contributed by atoms with Crippen molar-refractivity contribution in [2.45, 2.75) is 223 Å². The summed E-state index contributed by atoms with van der Waals surface area (Å²) in [4.78, 5) is 17.9. The lowest BCUT2D eigenvalue weighted by Crippen LogP contribution is -2.26. The molecular weight excluding hydrogens is 1310 g/mol. The number of nitriles is 2. The molecule has 4 aromatic heterocycles. The van der Waals surface area contributed by atoms with E-state index in [9.17, 15) is 18.9 Å². The van der Waals surface area contributed by atoms with Crippen LogP contribution >= 0.6 is 22.7 Å². The first-order valence-electron chi connectivity index (χ1n) is 35.3. The molecule has 0 aliphatic rings. The molecule has 6 aromatic carbocycles. The van der Waals surface area contributed by atoms with Gasteiger partial charge in [-0.3, -0.25) is 4.90 Å². The van der Waals surface area contributed by atoms with Gasteiger partial charge in [0.1, 0.15) is 34.7 Å². The fourth-order valence-electron chi connectivity index (χ4n) is 13.1. The Morgan fingerprint density at radius 2 is 1.18 bits per heavy atom. The van der Waals surface area contributed by atoms with Crippen LogP contribution in [0.5, 0.6) is 5.75 Å². The summed E-state index contributed by atoms with van der Waals surface area (Å²) in [5.41, 5.74) is 17.3. The van der Waals surface area contributed by atoms with Crippen molar-refractivity contribution in [2.75, 3.05) is 23.4 Å². The van der Waals surface area contributed by atoms with Crippen LogP contribution in [-0.2, 0) is 43.5 Å². The van der Waals surface area contributed by atoms with Gasteiger partial charge in [0.15, 0.2) is 22.6 Å². The van der Waals surface area contributed by atoms with Crippen LogP contribution in [0.3, 0.4) is 0 Å². The Morgan fingerprint density at radius 1 is 0.614 bits per heavy atom. The van der Waals surface area contributed by atoms with Crippen LogP contribution in [0, 0.1) is 71.1 Å². The van der Waals surface area contributed by atoms with E-state index in [1.165, 1.54) is 44.9 Å².